The predicted molar refractivity (Wildman–Crippen MR) is 170 cm³/mol. The molecule has 5 aliphatic carbocycles. The average Bonchev–Trinajstić information content (AvgIpc) is 3.02. The number of aliphatic carboxylic acids is 1. The number of rotatable bonds is 4. The van der Waals surface area contributed by atoms with Crippen LogP contribution in [0.25, 0.3) is 0 Å². The Morgan fingerprint density at radius 2 is 1.58 bits per heavy atom. The van der Waals surface area contributed by atoms with E-state index in [-0.39, 0.29) is 24.2 Å². The number of carbonyl (C=O) groups excluding carboxylic acids is 1. The smallest absolute Gasteiger partial charge is 0.315 e. The van der Waals surface area contributed by atoms with Gasteiger partial charge in [0.1, 0.15) is 24.4 Å². The zero-order valence-corrected chi connectivity index (χ0v) is 29.0. The van der Waals surface area contributed by atoms with E-state index in [0.717, 1.165) is 5.57 Å². The molecule has 0 aromatic carbocycles. The molecule has 12 nitrogen and oxygen atoms in total. The van der Waals surface area contributed by atoms with Crippen LogP contribution in [-0.2, 0) is 19.1 Å². The number of carboxylic acids is 1. The van der Waals surface area contributed by atoms with Crippen molar-refractivity contribution in [3.8, 4) is 0 Å². The molecule has 12 heteroatoms. The van der Waals surface area contributed by atoms with Crippen molar-refractivity contribution in [2.45, 2.75) is 141 Å². The molecule has 0 unspecified atom stereocenters. The quantitative estimate of drug-likeness (QED) is 0.157. The highest BCUT2D eigenvalue weighted by molar-refractivity contribution is 5.79. The number of aliphatic hydroxyl groups is 7. The van der Waals surface area contributed by atoms with Crippen molar-refractivity contribution < 1.29 is 59.9 Å². The van der Waals surface area contributed by atoms with E-state index in [0.29, 0.717) is 44.9 Å². The van der Waals surface area contributed by atoms with E-state index in [1.165, 1.54) is 0 Å². The second-order valence-corrected chi connectivity index (χ2v) is 17.5. The summed E-state index contributed by atoms with van der Waals surface area (Å²) in [6.07, 6.45) is -4.43. The molecular weight excluding hydrogens is 624 g/mol. The van der Waals surface area contributed by atoms with Gasteiger partial charge < -0.3 is 50.3 Å². The largest absolute Gasteiger partial charge is 0.481 e. The lowest BCUT2D eigenvalue weighted by atomic mass is 9.33. The zero-order valence-electron chi connectivity index (χ0n) is 29.0. The third-order valence-corrected chi connectivity index (χ3v) is 15.6. The molecule has 5 fully saturated rings. The van der Waals surface area contributed by atoms with Crippen LogP contribution in [0, 0.1) is 50.7 Å². The van der Waals surface area contributed by atoms with Crippen LogP contribution in [0.15, 0.2) is 11.6 Å². The van der Waals surface area contributed by atoms with Gasteiger partial charge in [-0.1, -0.05) is 39.3 Å². The first-order valence-corrected chi connectivity index (χ1v) is 17.7. The van der Waals surface area contributed by atoms with Crippen molar-refractivity contribution in [3.63, 3.8) is 0 Å². The fourth-order valence-corrected chi connectivity index (χ4v) is 12.3. The summed E-state index contributed by atoms with van der Waals surface area (Å²) in [6, 6.07) is 0. The Hall–Kier alpha value is -1.64. The fraction of sp³-hybridized carbons (Fsp3) is 0.889. The fourth-order valence-electron chi connectivity index (χ4n) is 12.3. The molecule has 0 amide bonds. The van der Waals surface area contributed by atoms with Gasteiger partial charge in [-0.2, -0.15) is 0 Å². The number of hydrogen-bond acceptors (Lipinski definition) is 11. The van der Waals surface area contributed by atoms with Crippen molar-refractivity contribution in [3.05, 3.63) is 11.6 Å². The SMILES string of the molecule is C[C@@H]1CC[C@@]2(C(=O)O[C@H]3O[C@@H](CO)[C@H](O)[C@@H](O)[C@@H]3O)CC[C@@]3(C)C(=CC[C@@H]4[C@]5(C)C[C@@H](O)[C@H](O)[C@@](C)(C(=O)O)[C@@H]5CC[C@@]43C)[C@@H]2[C@]1(C)O. The number of allylic oxidation sites excluding steroid dienone is 1. The summed E-state index contributed by atoms with van der Waals surface area (Å²) >= 11 is 0. The van der Waals surface area contributed by atoms with Crippen LogP contribution >= 0.6 is 0 Å². The van der Waals surface area contributed by atoms with E-state index < -0.39 is 100 Å². The molecule has 48 heavy (non-hydrogen) atoms. The normalized spacial score (nSPS) is 56.4. The van der Waals surface area contributed by atoms with Crippen LogP contribution in [0.1, 0.15) is 92.9 Å². The lowest BCUT2D eigenvalue weighted by molar-refractivity contribution is -0.299. The Bertz CT molecular complexity index is 1350. The Labute approximate surface area is 282 Å². The zero-order chi connectivity index (χ0) is 35.6. The maximum Gasteiger partial charge on any atom is 0.315 e. The molecule has 0 radical (unpaired) electrons. The molecule has 1 aliphatic heterocycles. The lowest BCUT2D eigenvalue weighted by Gasteiger charge is -2.71. The van der Waals surface area contributed by atoms with E-state index in [9.17, 15) is 50.4 Å². The van der Waals surface area contributed by atoms with Gasteiger partial charge in [-0.15, -0.1) is 0 Å². The number of esters is 1. The maximum atomic E-state index is 14.5. The lowest BCUT2D eigenvalue weighted by Crippen LogP contribution is -2.70. The highest BCUT2D eigenvalue weighted by atomic mass is 16.7. The summed E-state index contributed by atoms with van der Waals surface area (Å²) in [7, 11) is 0. The minimum absolute atomic E-state index is 0.0437. The summed E-state index contributed by atoms with van der Waals surface area (Å²) in [5.74, 6) is -3.01. The Morgan fingerprint density at radius 3 is 2.21 bits per heavy atom. The van der Waals surface area contributed by atoms with Gasteiger partial charge >= 0.3 is 11.9 Å². The number of fused-ring (bicyclic) bond motifs is 7. The molecule has 0 aromatic heterocycles. The summed E-state index contributed by atoms with van der Waals surface area (Å²) in [6.45, 7) is 11.2. The molecular formula is C36H56O12. The highest BCUT2D eigenvalue weighted by Gasteiger charge is 2.73. The van der Waals surface area contributed by atoms with Crippen LogP contribution in [0.2, 0.25) is 0 Å². The predicted octanol–water partition coefficient (Wildman–Crippen LogP) is 1.50. The van der Waals surface area contributed by atoms with Gasteiger partial charge in [-0.05, 0) is 99.2 Å². The van der Waals surface area contributed by atoms with Crippen molar-refractivity contribution in [2.75, 3.05) is 6.61 Å². The molecule has 272 valence electrons. The van der Waals surface area contributed by atoms with Crippen LogP contribution in [0.5, 0.6) is 0 Å². The molecule has 0 aromatic rings. The summed E-state index contributed by atoms with van der Waals surface area (Å²) in [5, 5.41) is 85.9. The molecule has 0 spiro atoms. The summed E-state index contributed by atoms with van der Waals surface area (Å²) in [4.78, 5) is 27.2. The van der Waals surface area contributed by atoms with Crippen molar-refractivity contribution in [1.29, 1.82) is 0 Å². The number of carboxylic acid groups (broad SMARTS) is 1. The summed E-state index contributed by atoms with van der Waals surface area (Å²) in [5.41, 5.74) is -4.57. The molecule has 1 saturated heterocycles. The van der Waals surface area contributed by atoms with Crippen LogP contribution in [0.4, 0.5) is 0 Å². The van der Waals surface area contributed by atoms with Crippen molar-refractivity contribution in [1.82, 2.24) is 0 Å². The number of aliphatic hydroxyl groups excluding tert-OH is 6. The first kappa shape index (κ1) is 36.2. The standard InChI is InChI=1S/C36H56O12/c1-17-9-12-36(30(45)48-28-25(41)24(40)23(39)20(16-37)47-28)14-13-32(3)18(26(36)35(17,6)46)7-8-21-31(2)15-19(38)27(42)34(5,29(43)44)22(31)10-11-33(21,32)4/h7,17,19-28,37-42,46H,8-16H2,1-6H3,(H,43,44)/t17-,19-,20+,21-,22-,23+,24-,25+,26-,27+,28-,31+,32+,33+,34+,35-,36-/m1/s1. The first-order valence-electron chi connectivity index (χ1n) is 17.7. The summed E-state index contributed by atoms with van der Waals surface area (Å²) < 4.78 is 11.4. The Balaban J connectivity index is 1.41. The van der Waals surface area contributed by atoms with Crippen LogP contribution < -0.4 is 0 Å². The maximum absolute atomic E-state index is 14.5. The van der Waals surface area contributed by atoms with E-state index in [2.05, 4.69) is 26.8 Å². The van der Waals surface area contributed by atoms with Gasteiger partial charge in [-0.25, -0.2) is 0 Å². The first-order chi connectivity index (χ1) is 22.2. The number of carbonyl (C=O) groups is 2. The van der Waals surface area contributed by atoms with E-state index in [1.54, 1.807) is 13.8 Å². The molecule has 1 heterocycles. The Kier molecular flexibility index (Phi) is 8.61. The molecule has 6 rings (SSSR count). The molecule has 17 atom stereocenters. The Morgan fingerprint density at radius 1 is 0.917 bits per heavy atom. The number of hydrogen-bond donors (Lipinski definition) is 8. The van der Waals surface area contributed by atoms with Gasteiger partial charge in [0.15, 0.2) is 0 Å². The molecule has 0 bridgehead atoms. The second kappa shape index (κ2) is 11.4. The van der Waals surface area contributed by atoms with E-state index in [1.807, 2.05) is 6.92 Å². The molecule has 6 aliphatic rings. The van der Waals surface area contributed by atoms with Gasteiger partial charge in [0.2, 0.25) is 6.29 Å². The second-order valence-electron chi connectivity index (χ2n) is 17.5. The molecule has 8 N–H and O–H groups in total. The van der Waals surface area contributed by atoms with Gasteiger partial charge in [0.25, 0.3) is 0 Å². The van der Waals surface area contributed by atoms with Gasteiger partial charge in [0, 0.05) is 5.92 Å². The van der Waals surface area contributed by atoms with Crippen molar-refractivity contribution >= 4 is 11.9 Å². The topological polar surface area (TPSA) is 214 Å². The van der Waals surface area contributed by atoms with Gasteiger partial charge in [-0.3, -0.25) is 9.59 Å². The van der Waals surface area contributed by atoms with Crippen LogP contribution in [-0.4, -0.2) is 108 Å². The van der Waals surface area contributed by atoms with Crippen LogP contribution in [0.3, 0.4) is 0 Å². The monoisotopic (exact) mass is 680 g/mol. The third kappa shape index (κ3) is 4.49. The van der Waals surface area contributed by atoms with Crippen molar-refractivity contribution in [2.24, 2.45) is 50.7 Å². The minimum atomic E-state index is -1.75. The number of ether oxygens (including phenoxy) is 2. The molecule has 4 saturated carbocycles. The third-order valence-electron chi connectivity index (χ3n) is 15.6. The average molecular weight is 681 g/mol. The highest BCUT2D eigenvalue weighted by Crippen LogP contribution is 2.76. The van der Waals surface area contributed by atoms with E-state index >= 15 is 0 Å². The van der Waals surface area contributed by atoms with Gasteiger partial charge in [0.05, 0.1) is 35.2 Å². The van der Waals surface area contributed by atoms with E-state index in [4.69, 9.17) is 9.47 Å². The minimum Gasteiger partial charge on any atom is -0.481 e.